The van der Waals surface area contributed by atoms with Gasteiger partial charge in [-0.1, -0.05) is 0 Å². The number of hydrogen-bond acceptors (Lipinski definition) is 5. The highest BCUT2D eigenvalue weighted by atomic mass is 32.2. The van der Waals surface area contributed by atoms with Gasteiger partial charge in [-0.05, 0) is 31.9 Å². The summed E-state index contributed by atoms with van der Waals surface area (Å²) in [7, 11) is 1.34. The maximum atomic E-state index is 11.4. The number of esters is 1. The van der Waals surface area contributed by atoms with E-state index in [1.807, 2.05) is 16.3 Å². The summed E-state index contributed by atoms with van der Waals surface area (Å²) in [6, 6.07) is 0.360. The molecule has 2 rings (SSSR count). The van der Waals surface area contributed by atoms with E-state index in [2.05, 4.69) is 16.0 Å². The zero-order valence-electron chi connectivity index (χ0n) is 10.8. The SMILES string of the molecule is COC(=O)c1ncn(C2CCC(SC)CC2)c1N. The van der Waals surface area contributed by atoms with Crippen LogP contribution in [0, 0.1) is 0 Å². The third-order valence-electron chi connectivity index (χ3n) is 3.58. The zero-order valence-corrected chi connectivity index (χ0v) is 11.6. The Morgan fingerprint density at radius 3 is 2.72 bits per heavy atom. The lowest BCUT2D eigenvalue weighted by Gasteiger charge is -2.28. The summed E-state index contributed by atoms with van der Waals surface area (Å²) in [4.78, 5) is 15.5. The Morgan fingerprint density at radius 2 is 2.17 bits per heavy atom. The number of hydrogen-bond donors (Lipinski definition) is 1. The van der Waals surface area contributed by atoms with Crippen LogP contribution in [-0.4, -0.2) is 34.1 Å². The van der Waals surface area contributed by atoms with Gasteiger partial charge in [0, 0.05) is 11.3 Å². The molecule has 5 nitrogen and oxygen atoms in total. The number of nitrogen functional groups attached to an aromatic ring is 1. The zero-order chi connectivity index (χ0) is 13.1. The van der Waals surface area contributed by atoms with E-state index in [0.717, 1.165) is 18.1 Å². The van der Waals surface area contributed by atoms with Crippen LogP contribution in [0.25, 0.3) is 0 Å². The van der Waals surface area contributed by atoms with Crippen LogP contribution in [0.4, 0.5) is 5.82 Å². The van der Waals surface area contributed by atoms with Gasteiger partial charge in [-0.2, -0.15) is 11.8 Å². The van der Waals surface area contributed by atoms with Gasteiger partial charge < -0.3 is 15.0 Å². The molecular weight excluding hydrogens is 250 g/mol. The van der Waals surface area contributed by atoms with Gasteiger partial charge in [0.1, 0.15) is 5.82 Å². The van der Waals surface area contributed by atoms with Crippen LogP contribution in [0.15, 0.2) is 6.33 Å². The molecule has 1 aliphatic rings. The van der Waals surface area contributed by atoms with E-state index in [-0.39, 0.29) is 5.69 Å². The number of aromatic nitrogens is 2. The summed E-state index contributed by atoms with van der Waals surface area (Å²) in [5.74, 6) is -0.0431. The first-order chi connectivity index (χ1) is 8.67. The predicted octanol–water partition coefficient (Wildman–Crippen LogP) is 2.10. The van der Waals surface area contributed by atoms with Crippen molar-refractivity contribution in [1.29, 1.82) is 0 Å². The number of nitrogens with zero attached hydrogens (tertiary/aromatic N) is 2. The molecule has 0 radical (unpaired) electrons. The Labute approximate surface area is 111 Å². The van der Waals surface area contributed by atoms with E-state index >= 15 is 0 Å². The summed E-state index contributed by atoms with van der Waals surface area (Å²) in [5.41, 5.74) is 6.20. The minimum atomic E-state index is -0.468. The lowest BCUT2D eigenvalue weighted by atomic mass is 9.95. The number of thioether (sulfide) groups is 1. The molecule has 2 N–H and O–H groups in total. The predicted molar refractivity (Wildman–Crippen MR) is 72.8 cm³/mol. The van der Waals surface area contributed by atoms with Crippen LogP contribution >= 0.6 is 11.8 Å². The highest BCUT2D eigenvalue weighted by Gasteiger charge is 2.25. The van der Waals surface area contributed by atoms with Crippen molar-refractivity contribution in [1.82, 2.24) is 9.55 Å². The van der Waals surface area contributed by atoms with Gasteiger partial charge in [-0.3, -0.25) is 0 Å². The van der Waals surface area contributed by atoms with E-state index in [0.29, 0.717) is 11.9 Å². The van der Waals surface area contributed by atoms with Gasteiger partial charge in [0.25, 0.3) is 0 Å². The Kier molecular flexibility index (Phi) is 4.16. The second-order valence-electron chi connectivity index (χ2n) is 4.54. The molecule has 0 amide bonds. The largest absolute Gasteiger partial charge is 0.464 e. The number of imidazole rings is 1. The van der Waals surface area contributed by atoms with E-state index in [9.17, 15) is 4.79 Å². The molecule has 6 heteroatoms. The summed E-state index contributed by atoms with van der Waals surface area (Å²) in [6.45, 7) is 0. The average molecular weight is 269 g/mol. The Morgan fingerprint density at radius 1 is 1.50 bits per heavy atom. The number of anilines is 1. The summed E-state index contributed by atoms with van der Waals surface area (Å²) < 4.78 is 6.57. The van der Waals surface area contributed by atoms with E-state index in [4.69, 9.17) is 5.73 Å². The van der Waals surface area contributed by atoms with E-state index in [1.165, 1.54) is 20.0 Å². The monoisotopic (exact) mass is 269 g/mol. The smallest absolute Gasteiger partial charge is 0.360 e. The standard InChI is InChI=1S/C12H19N3O2S/c1-17-12(16)10-11(13)15(7-14-10)8-3-5-9(18-2)6-4-8/h7-9H,3-6,13H2,1-2H3. The molecule has 1 aromatic rings. The second-order valence-corrected chi connectivity index (χ2v) is 5.68. The van der Waals surface area contributed by atoms with Crippen LogP contribution in [0.1, 0.15) is 42.2 Å². The summed E-state index contributed by atoms with van der Waals surface area (Å²) in [5, 5.41) is 0.756. The molecule has 0 aromatic carbocycles. The number of rotatable bonds is 3. The molecule has 1 heterocycles. The van der Waals surface area contributed by atoms with Gasteiger partial charge in [0.2, 0.25) is 0 Å². The van der Waals surface area contributed by atoms with Gasteiger partial charge in [-0.15, -0.1) is 0 Å². The van der Waals surface area contributed by atoms with Crippen molar-refractivity contribution >= 4 is 23.5 Å². The topological polar surface area (TPSA) is 70.1 Å². The first-order valence-corrected chi connectivity index (χ1v) is 7.39. The van der Waals surface area contributed by atoms with Crippen molar-refractivity contribution in [3.05, 3.63) is 12.0 Å². The molecule has 0 unspecified atom stereocenters. The maximum Gasteiger partial charge on any atom is 0.360 e. The van der Waals surface area contributed by atoms with Crippen molar-refractivity contribution in [2.24, 2.45) is 0 Å². The molecule has 1 saturated carbocycles. The molecule has 0 atom stereocenters. The van der Waals surface area contributed by atoms with Gasteiger partial charge in [0.05, 0.1) is 13.4 Å². The molecule has 1 aliphatic carbocycles. The molecule has 100 valence electrons. The lowest BCUT2D eigenvalue weighted by Crippen LogP contribution is -2.20. The lowest BCUT2D eigenvalue weighted by molar-refractivity contribution is 0.0596. The second kappa shape index (κ2) is 5.65. The first-order valence-electron chi connectivity index (χ1n) is 6.10. The maximum absolute atomic E-state index is 11.4. The molecule has 1 aromatic heterocycles. The number of ether oxygens (including phenoxy) is 1. The van der Waals surface area contributed by atoms with Gasteiger partial charge in [-0.25, -0.2) is 9.78 Å². The Hall–Kier alpha value is -1.17. The third kappa shape index (κ3) is 2.48. The first kappa shape index (κ1) is 13.3. The average Bonchev–Trinajstić information content (AvgIpc) is 2.80. The summed E-state index contributed by atoms with van der Waals surface area (Å²) in [6.07, 6.45) is 8.38. The minimum absolute atomic E-state index is 0.226. The molecule has 1 fully saturated rings. The van der Waals surface area contributed by atoms with Gasteiger partial charge in [0.15, 0.2) is 5.69 Å². The van der Waals surface area contributed by atoms with E-state index < -0.39 is 5.97 Å². The van der Waals surface area contributed by atoms with Crippen LogP contribution in [-0.2, 0) is 4.74 Å². The van der Waals surface area contributed by atoms with Crippen molar-refractivity contribution in [3.8, 4) is 0 Å². The fourth-order valence-corrected chi connectivity index (χ4v) is 3.22. The summed E-state index contributed by atoms with van der Waals surface area (Å²) >= 11 is 1.93. The number of methoxy groups -OCH3 is 1. The molecular formula is C12H19N3O2S. The Bertz CT molecular complexity index is 425. The Balaban J connectivity index is 2.11. The highest BCUT2D eigenvalue weighted by molar-refractivity contribution is 7.99. The molecule has 0 aliphatic heterocycles. The highest BCUT2D eigenvalue weighted by Crippen LogP contribution is 2.35. The van der Waals surface area contributed by atoms with Crippen LogP contribution < -0.4 is 5.73 Å². The molecule has 0 spiro atoms. The molecule has 18 heavy (non-hydrogen) atoms. The van der Waals surface area contributed by atoms with Crippen molar-refractivity contribution < 1.29 is 9.53 Å². The quantitative estimate of drug-likeness (QED) is 0.851. The van der Waals surface area contributed by atoms with Crippen molar-refractivity contribution in [3.63, 3.8) is 0 Å². The molecule has 0 bridgehead atoms. The number of carbonyl (C=O) groups excluding carboxylic acids is 1. The fraction of sp³-hybridized carbons (Fsp3) is 0.667. The third-order valence-corrected chi connectivity index (χ3v) is 4.72. The number of carbonyl (C=O) groups is 1. The molecule has 0 saturated heterocycles. The normalized spacial score (nSPS) is 23.9. The van der Waals surface area contributed by atoms with Crippen molar-refractivity contribution in [2.75, 3.05) is 19.1 Å². The fourth-order valence-electron chi connectivity index (χ4n) is 2.47. The van der Waals surface area contributed by atoms with Gasteiger partial charge >= 0.3 is 5.97 Å². The number of nitrogens with two attached hydrogens (primary N) is 1. The van der Waals surface area contributed by atoms with E-state index in [1.54, 1.807) is 6.33 Å². The van der Waals surface area contributed by atoms with Crippen LogP contribution in [0.5, 0.6) is 0 Å². The van der Waals surface area contributed by atoms with Crippen LogP contribution in [0.3, 0.4) is 0 Å². The van der Waals surface area contributed by atoms with Crippen molar-refractivity contribution in [2.45, 2.75) is 37.0 Å². The van der Waals surface area contributed by atoms with Crippen LogP contribution in [0.2, 0.25) is 0 Å². The minimum Gasteiger partial charge on any atom is -0.464 e.